The molecule has 4 heterocycles. The second kappa shape index (κ2) is 11.6. The highest BCUT2D eigenvalue weighted by Crippen LogP contribution is 2.31. The number of rotatable bonds is 6. The van der Waals surface area contributed by atoms with E-state index in [0.717, 1.165) is 5.56 Å². The highest BCUT2D eigenvalue weighted by Gasteiger charge is 2.33. The molecule has 3 N–H and O–H groups in total. The van der Waals surface area contributed by atoms with Crippen molar-refractivity contribution in [3.8, 4) is 17.0 Å². The molecule has 2 atom stereocenters. The second-order valence-corrected chi connectivity index (χ2v) is 10.7. The Morgan fingerprint density at radius 1 is 1.07 bits per heavy atom. The number of nitrogens with one attached hydrogen (secondary N) is 2. The molecule has 0 saturated carbocycles. The number of β-amino-alcohol motifs (C(OH)–C–C–N with tert-alkyl or cyclic N) is 1. The van der Waals surface area contributed by atoms with Crippen LogP contribution in [0.3, 0.4) is 0 Å². The lowest BCUT2D eigenvalue weighted by Crippen LogP contribution is -2.54. The summed E-state index contributed by atoms with van der Waals surface area (Å²) in [5, 5.41) is 16.0. The summed E-state index contributed by atoms with van der Waals surface area (Å²) in [6.45, 7) is 3.98. The van der Waals surface area contributed by atoms with Crippen molar-refractivity contribution in [1.82, 2.24) is 29.5 Å². The number of imidazole rings is 1. The van der Waals surface area contributed by atoms with Crippen molar-refractivity contribution in [3.05, 3.63) is 71.7 Å². The normalized spacial score (nSPS) is 18.7. The van der Waals surface area contributed by atoms with Crippen LogP contribution in [0.2, 0.25) is 0 Å². The number of ether oxygens (including phenoxy) is 1. The number of fused-ring (bicyclic) bond motifs is 1. The van der Waals surface area contributed by atoms with Gasteiger partial charge >= 0.3 is 0 Å². The number of amides is 2. The van der Waals surface area contributed by atoms with Gasteiger partial charge in [0.15, 0.2) is 23.0 Å². The number of benzene rings is 2. The summed E-state index contributed by atoms with van der Waals surface area (Å²) >= 11 is 0. The first-order chi connectivity index (χ1) is 20.7. The van der Waals surface area contributed by atoms with Crippen LogP contribution >= 0.6 is 0 Å². The lowest BCUT2D eigenvalue weighted by molar-refractivity contribution is -0.134. The number of halogens is 2. The van der Waals surface area contributed by atoms with Crippen molar-refractivity contribution in [3.63, 3.8) is 0 Å². The average Bonchev–Trinajstić information content (AvgIpc) is 3.65. The third-order valence-electron chi connectivity index (χ3n) is 7.97. The summed E-state index contributed by atoms with van der Waals surface area (Å²) in [4.78, 5) is 38.3. The molecule has 0 radical (unpaired) electrons. The molecular weight excluding hydrogens is 560 g/mol. The van der Waals surface area contributed by atoms with Crippen molar-refractivity contribution in [2.24, 2.45) is 0 Å². The molecule has 2 saturated heterocycles. The third-order valence-corrected chi connectivity index (χ3v) is 7.97. The molecule has 6 rings (SSSR count). The Bertz CT molecular complexity index is 1700. The minimum absolute atomic E-state index is 0.0286. The molecular formula is C30H31F2N7O4. The number of aliphatic hydroxyl groups excluding tert-OH is 1. The van der Waals surface area contributed by atoms with Crippen LogP contribution in [-0.4, -0.2) is 93.1 Å². The maximum atomic E-state index is 14.8. The smallest absolute Gasteiger partial charge is 0.254 e. The minimum Gasteiger partial charge on any atom is -0.494 e. The summed E-state index contributed by atoms with van der Waals surface area (Å²) in [6.07, 6.45) is 4.48. The van der Waals surface area contributed by atoms with Crippen LogP contribution in [-0.2, 0) is 4.79 Å². The Labute approximate surface area is 246 Å². The van der Waals surface area contributed by atoms with E-state index in [9.17, 15) is 23.5 Å². The third kappa shape index (κ3) is 5.37. The largest absolute Gasteiger partial charge is 0.494 e. The number of hydrogen-bond donors (Lipinski definition) is 3. The maximum absolute atomic E-state index is 14.8. The van der Waals surface area contributed by atoms with E-state index >= 15 is 0 Å². The van der Waals surface area contributed by atoms with Crippen molar-refractivity contribution in [1.29, 1.82) is 0 Å². The fourth-order valence-electron chi connectivity index (χ4n) is 5.64. The number of aromatic nitrogens is 3. The molecule has 4 aromatic rings. The molecule has 43 heavy (non-hydrogen) atoms. The number of carbonyl (C=O) groups excluding carboxylic acids is 2. The fraction of sp³-hybridized carbons (Fsp3) is 0.333. The number of hydrogen-bond acceptors (Lipinski definition) is 8. The van der Waals surface area contributed by atoms with Crippen LogP contribution in [0.15, 0.2) is 48.9 Å². The van der Waals surface area contributed by atoms with Gasteiger partial charge in [-0.3, -0.25) is 14.0 Å². The molecule has 2 unspecified atom stereocenters. The van der Waals surface area contributed by atoms with E-state index in [4.69, 9.17) is 4.74 Å². The van der Waals surface area contributed by atoms with Crippen LogP contribution in [0, 0.1) is 18.6 Å². The molecule has 13 heteroatoms. The summed E-state index contributed by atoms with van der Waals surface area (Å²) in [5.41, 5.74) is 2.75. The van der Waals surface area contributed by atoms with Crippen LogP contribution in [0.5, 0.6) is 5.75 Å². The molecule has 2 aromatic heterocycles. The van der Waals surface area contributed by atoms with Gasteiger partial charge in [0.05, 0.1) is 31.1 Å². The van der Waals surface area contributed by atoms with E-state index in [0.29, 0.717) is 67.6 Å². The van der Waals surface area contributed by atoms with Crippen LogP contribution < -0.4 is 15.4 Å². The quantitative estimate of drug-likeness (QED) is 0.313. The molecule has 0 bridgehead atoms. The van der Waals surface area contributed by atoms with E-state index in [2.05, 4.69) is 20.6 Å². The molecule has 2 aliphatic rings. The number of methoxy groups -OCH3 is 1. The number of nitrogens with zero attached hydrogens (tertiary/aromatic N) is 5. The van der Waals surface area contributed by atoms with Crippen molar-refractivity contribution < 1.29 is 28.2 Å². The van der Waals surface area contributed by atoms with E-state index in [1.165, 1.54) is 31.6 Å². The Hall–Kier alpha value is -4.62. The fourth-order valence-corrected chi connectivity index (χ4v) is 5.64. The summed E-state index contributed by atoms with van der Waals surface area (Å²) in [5.74, 6) is -2.06. The second-order valence-electron chi connectivity index (χ2n) is 10.7. The lowest BCUT2D eigenvalue weighted by atomic mass is 10.1. The van der Waals surface area contributed by atoms with Crippen LogP contribution in [0.25, 0.3) is 16.9 Å². The van der Waals surface area contributed by atoms with Gasteiger partial charge in [0.2, 0.25) is 11.7 Å². The van der Waals surface area contributed by atoms with Gasteiger partial charge in [-0.15, -0.1) is 0 Å². The highest BCUT2D eigenvalue weighted by molar-refractivity contribution is 5.96. The van der Waals surface area contributed by atoms with Gasteiger partial charge < -0.3 is 30.3 Å². The molecule has 11 nitrogen and oxygen atoms in total. The maximum Gasteiger partial charge on any atom is 0.254 e. The van der Waals surface area contributed by atoms with E-state index < -0.39 is 17.7 Å². The first-order valence-electron chi connectivity index (χ1n) is 14.0. The molecule has 2 fully saturated rings. The van der Waals surface area contributed by atoms with Gasteiger partial charge in [-0.25, -0.2) is 14.4 Å². The molecule has 2 amide bonds. The van der Waals surface area contributed by atoms with Crippen LogP contribution in [0.1, 0.15) is 22.3 Å². The predicted octanol–water partition coefficient (Wildman–Crippen LogP) is 2.74. The van der Waals surface area contributed by atoms with Crippen LogP contribution in [0.4, 0.5) is 20.3 Å². The summed E-state index contributed by atoms with van der Waals surface area (Å²) < 4.78 is 35.7. The van der Waals surface area contributed by atoms with Crippen molar-refractivity contribution >= 4 is 29.0 Å². The van der Waals surface area contributed by atoms with Gasteiger partial charge in [0.1, 0.15) is 0 Å². The number of piperazine rings is 1. The zero-order chi connectivity index (χ0) is 30.2. The standard InChI is InChI=1S/C30H31F2N7O4/c1-17-13-18(3-4-20(17)29(41)37-9-11-38(12-10-37)30(42)22-14-19(40)15-34-22)36-27-28-35-16-23(39(28)8-7-33-27)21-5-6-24(43-2)26(32)25(21)31/h3-8,13,16,19,22,34,40H,9-12,14-15H2,1-2H3,(H,33,36). The van der Waals surface area contributed by atoms with Gasteiger partial charge in [0, 0.05) is 61.9 Å². The molecule has 0 aliphatic carbocycles. The number of carbonyl (C=O) groups is 2. The first kappa shape index (κ1) is 28.5. The molecule has 2 aliphatic heterocycles. The summed E-state index contributed by atoms with van der Waals surface area (Å²) in [7, 11) is 1.27. The Kier molecular flexibility index (Phi) is 7.67. The zero-order valence-corrected chi connectivity index (χ0v) is 23.7. The highest BCUT2D eigenvalue weighted by atomic mass is 19.2. The van der Waals surface area contributed by atoms with E-state index in [-0.39, 0.29) is 29.2 Å². The molecule has 2 aromatic carbocycles. The molecule has 0 spiro atoms. The summed E-state index contributed by atoms with van der Waals surface area (Å²) in [6, 6.07) is 7.76. The number of aliphatic hydroxyl groups is 1. The van der Waals surface area contributed by atoms with Gasteiger partial charge in [-0.2, -0.15) is 4.39 Å². The van der Waals surface area contributed by atoms with Gasteiger partial charge in [-0.05, 0) is 49.2 Å². The number of anilines is 2. The van der Waals surface area contributed by atoms with Gasteiger partial charge in [-0.1, -0.05) is 0 Å². The lowest BCUT2D eigenvalue weighted by Gasteiger charge is -2.36. The number of aryl methyl sites for hydroxylation is 1. The predicted molar refractivity (Wildman–Crippen MR) is 154 cm³/mol. The van der Waals surface area contributed by atoms with E-state index in [1.807, 2.05) is 13.0 Å². The van der Waals surface area contributed by atoms with Gasteiger partial charge in [0.25, 0.3) is 5.91 Å². The zero-order valence-electron chi connectivity index (χ0n) is 23.7. The Morgan fingerprint density at radius 3 is 2.53 bits per heavy atom. The average molecular weight is 592 g/mol. The monoisotopic (exact) mass is 591 g/mol. The first-order valence-corrected chi connectivity index (χ1v) is 14.0. The molecule has 224 valence electrons. The SMILES string of the molecule is COc1ccc(-c2cnc3c(Nc4ccc(C(=O)N5CCN(C(=O)C6CC(O)CN6)CC5)c(C)c4)nccn23)c(F)c1F. The van der Waals surface area contributed by atoms with E-state index in [1.54, 1.807) is 32.5 Å². The van der Waals surface area contributed by atoms with Crippen molar-refractivity contribution in [2.45, 2.75) is 25.5 Å². The Morgan fingerprint density at radius 2 is 1.84 bits per heavy atom. The minimum atomic E-state index is -1.08. The Balaban J connectivity index is 1.15. The topological polar surface area (TPSA) is 124 Å². The van der Waals surface area contributed by atoms with Crippen molar-refractivity contribution in [2.75, 3.05) is 45.2 Å².